The first-order valence-electron chi connectivity index (χ1n) is 3.97. The molecule has 1 unspecified atom stereocenters. The van der Waals surface area contributed by atoms with Crippen LogP contribution in [0.5, 0.6) is 0 Å². The molecule has 0 aliphatic rings. The highest BCUT2D eigenvalue weighted by Crippen LogP contribution is 2.21. The van der Waals surface area contributed by atoms with Crippen molar-refractivity contribution in [1.82, 2.24) is 4.98 Å². The maximum atomic E-state index is 5.62. The zero-order chi connectivity index (χ0) is 9.42. The number of oxazole rings is 1. The van der Waals surface area contributed by atoms with Crippen LogP contribution in [0, 0.1) is 6.92 Å². The predicted molar refractivity (Wildman–Crippen MR) is 54.7 cm³/mol. The van der Waals surface area contributed by atoms with Gasteiger partial charge in [0.2, 0.25) is 0 Å². The van der Waals surface area contributed by atoms with Gasteiger partial charge in [-0.25, -0.2) is 4.98 Å². The monoisotopic (exact) mass is 194 g/mol. The topological polar surface area (TPSA) is 52.0 Å². The van der Waals surface area contributed by atoms with E-state index in [0.717, 1.165) is 16.7 Å². The molecule has 0 bridgehead atoms. The van der Waals surface area contributed by atoms with Gasteiger partial charge in [-0.05, 0) is 17.7 Å². The third-order valence-electron chi connectivity index (χ3n) is 1.86. The van der Waals surface area contributed by atoms with Gasteiger partial charge in [0.15, 0.2) is 11.5 Å². The number of nitrogens with two attached hydrogens (primary N) is 1. The van der Waals surface area contributed by atoms with Crippen LogP contribution >= 0.6 is 12.6 Å². The number of rotatable bonds is 1. The van der Waals surface area contributed by atoms with Crippen LogP contribution in [0.1, 0.15) is 16.8 Å². The Labute approximate surface area is 81.4 Å². The molecule has 1 aromatic carbocycles. The van der Waals surface area contributed by atoms with E-state index in [-0.39, 0.29) is 5.37 Å². The number of hydrogen-bond acceptors (Lipinski definition) is 4. The molecule has 2 rings (SSSR count). The van der Waals surface area contributed by atoms with Crippen LogP contribution in [-0.4, -0.2) is 4.98 Å². The van der Waals surface area contributed by atoms with Crippen molar-refractivity contribution in [1.29, 1.82) is 0 Å². The molecule has 1 heterocycles. The Balaban J connectivity index is 2.61. The first-order chi connectivity index (χ1) is 6.16. The van der Waals surface area contributed by atoms with E-state index in [1.165, 1.54) is 0 Å². The summed E-state index contributed by atoms with van der Waals surface area (Å²) in [5, 5.41) is -0.263. The minimum Gasteiger partial charge on any atom is -0.441 e. The second-order valence-corrected chi connectivity index (χ2v) is 3.46. The molecular formula is C9H10N2OS. The highest BCUT2D eigenvalue weighted by atomic mass is 32.1. The van der Waals surface area contributed by atoms with Gasteiger partial charge in [0.1, 0.15) is 5.52 Å². The van der Waals surface area contributed by atoms with Gasteiger partial charge in [0, 0.05) is 6.92 Å². The summed E-state index contributed by atoms with van der Waals surface area (Å²) in [4.78, 5) is 4.20. The van der Waals surface area contributed by atoms with Crippen LogP contribution in [0.25, 0.3) is 11.1 Å². The summed E-state index contributed by atoms with van der Waals surface area (Å²) in [6.45, 7) is 1.82. The largest absolute Gasteiger partial charge is 0.441 e. The standard InChI is InChI=1S/C9H10N2OS/c1-5-11-7-4-6(9(10)13)2-3-8(7)12-5/h2-4,9,13H,10H2,1H3. The van der Waals surface area contributed by atoms with E-state index in [4.69, 9.17) is 10.2 Å². The molecular weight excluding hydrogens is 184 g/mol. The number of nitrogens with zero attached hydrogens (tertiary/aromatic N) is 1. The second-order valence-electron chi connectivity index (χ2n) is 2.90. The summed E-state index contributed by atoms with van der Waals surface area (Å²) < 4.78 is 5.33. The Morgan fingerprint density at radius 3 is 3.00 bits per heavy atom. The van der Waals surface area contributed by atoms with Crippen molar-refractivity contribution < 1.29 is 4.42 Å². The highest BCUT2D eigenvalue weighted by Gasteiger charge is 2.05. The molecule has 0 saturated heterocycles. The van der Waals surface area contributed by atoms with Gasteiger partial charge in [-0.2, -0.15) is 12.6 Å². The van der Waals surface area contributed by atoms with Crippen LogP contribution < -0.4 is 5.73 Å². The van der Waals surface area contributed by atoms with Crippen molar-refractivity contribution in [2.45, 2.75) is 12.3 Å². The Bertz CT molecular complexity index is 436. The van der Waals surface area contributed by atoms with Crippen LogP contribution in [0.3, 0.4) is 0 Å². The molecule has 0 spiro atoms. The number of hydrogen-bond donors (Lipinski definition) is 2. The van der Waals surface area contributed by atoms with Gasteiger partial charge in [0.05, 0.1) is 5.37 Å². The van der Waals surface area contributed by atoms with Crippen molar-refractivity contribution in [2.75, 3.05) is 0 Å². The molecule has 0 aliphatic carbocycles. The van der Waals surface area contributed by atoms with E-state index in [9.17, 15) is 0 Å². The van der Waals surface area contributed by atoms with Crippen LogP contribution in [0.15, 0.2) is 22.6 Å². The van der Waals surface area contributed by atoms with Gasteiger partial charge in [-0.3, -0.25) is 0 Å². The van der Waals surface area contributed by atoms with Gasteiger partial charge in [0.25, 0.3) is 0 Å². The summed E-state index contributed by atoms with van der Waals surface area (Å²) in [7, 11) is 0. The molecule has 0 fully saturated rings. The SMILES string of the molecule is Cc1nc2cc(C(N)S)ccc2o1. The molecule has 13 heavy (non-hydrogen) atoms. The summed E-state index contributed by atoms with van der Waals surface area (Å²) in [6, 6.07) is 5.65. The van der Waals surface area contributed by atoms with Gasteiger partial charge in [-0.1, -0.05) is 6.07 Å². The summed E-state index contributed by atoms with van der Waals surface area (Å²) in [5.41, 5.74) is 8.19. The van der Waals surface area contributed by atoms with Crippen molar-refractivity contribution in [3.63, 3.8) is 0 Å². The zero-order valence-electron chi connectivity index (χ0n) is 7.19. The lowest BCUT2D eigenvalue weighted by molar-refractivity contribution is 0.561. The molecule has 4 heteroatoms. The maximum absolute atomic E-state index is 5.62. The average Bonchev–Trinajstić information content (AvgIpc) is 2.42. The quantitative estimate of drug-likeness (QED) is 0.539. The molecule has 2 N–H and O–H groups in total. The first-order valence-corrected chi connectivity index (χ1v) is 4.49. The molecule has 1 atom stereocenters. The number of fused-ring (bicyclic) bond motifs is 1. The summed E-state index contributed by atoms with van der Waals surface area (Å²) in [6.07, 6.45) is 0. The smallest absolute Gasteiger partial charge is 0.192 e. The highest BCUT2D eigenvalue weighted by molar-refractivity contribution is 7.80. The van der Waals surface area contributed by atoms with E-state index in [0.29, 0.717) is 5.89 Å². The molecule has 3 nitrogen and oxygen atoms in total. The van der Waals surface area contributed by atoms with Gasteiger partial charge in [-0.15, -0.1) is 0 Å². The lowest BCUT2D eigenvalue weighted by Gasteiger charge is -2.02. The number of benzene rings is 1. The zero-order valence-corrected chi connectivity index (χ0v) is 8.08. The minimum atomic E-state index is -0.263. The second kappa shape index (κ2) is 3.05. The van der Waals surface area contributed by atoms with Crippen molar-refractivity contribution in [3.05, 3.63) is 29.7 Å². The maximum Gasteiger partial charge on any atom is 0.192 e. The van der Waals surface area contributed by atoms with E-state index in [2.05, 4.69) is 17.6 Å². The number of aryl methyl sites for hydroxylation is 1. The van der Waals surface area contributed by atoms with Crippen molar-refractivity contribution in [3.8, 4) is 0 Å². The fraction of sp³-hybridized carbons (Fsp3) is 0.222. The fourth-order valence-electron chi connectivity index (χ4n) is 1.24. The van der Waals surface area contributed by atoms with Crippen molar-refractivity contribution in [2.24, 2.45) is 5.73 Å². The summed E-state index contributed by atoms with van der Waals surface area (Å²) >= 11 is 4.14. The molecule has 0 saturated carbocycles. The summed E-state index contributed by atoms with van der Waals surface area (Å²) in [5.74, 6) is 0.667. The predicted octanol–water partition coefficient (Wildman–Crippen LogP) is 2.02. The van der Waals surface area contributed by atoms with Gasteiger partial charge >= 0.3 is 0 Å². The average molecular weight is 194 g/mol. The molecule has 1 aromatic heterocycles. The Hall–Kier alpha value is -1.00. The Kier molecular flexibility index (Phi) is 2.01. The van der Waals surface area contributed by atoms with Crippen LogP contribution in [0.4, 0.5) is 0 Å². The van der Waals surface area contributed by atoms with E-state index >= 15 is 0 Å². The molecule has 68 valence electrons. The molecule has 0 radical (unpaired) electrons. The normalized spacial score (nSPS) is 13.5. The third-order valence-corrected chi connectivity index (χ3v) is 2.16. The molecule has 2 aromatic rings. The van der Waals surface area contributed by atoms with E-state index < -0.39 is 0 Å². The van der Waals surface area contributed by atoms with Crippen LogP contribution in [-0.2, 0) is 0 Å². The molecule has 0 aliphatic heterocycles. The molecule has 0 amide bonds. The van der Waals surface area contributed by atoms with E-state index in [1.54, 1.807) is 0 Å². The number of aromatic nitrogens is 1. The van der Waals surface area contributed by atoms with E-state index in [1.807, 2.05) is 25.1 Å². The third kappa shape index (κ3) is 1.55. The van der Waals surface area contributed by atoms with Crippen LogP contribution in [0.2, 0.25) is 0 Å². The number of thiol groups is 1. The Morgan fingerprint density at radius 1 is 1.54 bits per heavy atom. The lowest BCUT2D eigenvalue weighted by Crippen LogP contribution is -2.01. The van der Waals surface area contributed by atoms with Gasteiger partial charge < -0.3 is 10.2 Å². The minimum absolute atomic E-state index is 0.263. The fourth-order valence-corrected chi connectivity index (χ4v) is 1.40. The first kappa shape index (κ1) is 8.59. The van der Waals surface area contributed by atoms with Crippen molar-refractivity contribution >= 4 is 23.7 Å². The lowest BCUT2D eigenvalue weighted by atomic mass is 10.2. The Morgan fingerprint density at radius 2 is 2.31 bits per heavy atom.